The third kappa shape index (κ3) is 1.47. The Morgan fingerprint density at radius 3 is 2.19 bits per heavy atom. The van der Waals surface area contributed by atoms with Crippen molar-refractivity contribution in [1.29, 1.82) is 0 Å². The Bertz CT molecular complexity index is 995. The Morgan fingerprint density at radius 2 is 1.43 bits per heavy atom. The third-order valence-electron chi connectivity index (χ3n) is 3.72. The molecule has 0 amide bonds. The maximum absolute atomic E-state index is 12.7. The summed E-state index contributed by atoms with van der Waals surface area (Å²) in [6, 6.07) is 11.0. The molecule has 0 saturated heterocycles. The minimum atomic E-state index is -0.292. The van der Waals surface area contributed by atoms with Gasteiger partial charge in [-0.25, -0.2) is 0 Å². The summed E-state index contributed by atoms with van der Waals surface area (Å²) in [6.45, 7) is 0. The van der Waals surface area contributed by atoms with E-state index in [4.69, 9.17) is 4.42 Å². The van der Waals surface area contributed by atoms with Crippen molar-refractivity contribution in [2.75, 3.05) is 0 Å². The molecule has 0 spiro atoms. The number of ketones is 2. The predicted octanol–water partition coefficient (Wildman–Crippen LogP) is 2.57. The summed E-state index contributed by atoms with van der Waals surface area (Å²) in [5.41, 5.74) is 1.11. The summed E-state index contributed by atoms with van der Waals surface area (Å²) >= 11 is 0. The van der Waals surface area contributed by atoms with Gasteiger partial charge < -0.3 is 4.42 Å². The lowest BCUT2D eigenvalue weighted by Crippen LogP contribution is -2.21. The maximum atomic E-state index is 12.7. The smallest absolute Gasteiger partial charge is 0.198 e. The summed E-state index contributed by atoms with van der Waals surface area (Å²) in [4.78, 5) is 37.0. The summed E-state index contributed by atoms with van der Waals surface area (Å²) in [5, 5.41) is 0.303. The molecule has 100 valence electrons. The highest BCUT2D eigenvalue weighted by Gasteiger charge is 2.32. The molecule has 0 radical (unpaired) electrons. The topological polar surface area (TPSA) is 64.3 Å². The van der Waals surface area contributed by atoms with Crippen molar-refractivity contribution in [2.24, 2.45) is 0 Å². The largest absolute Gasteiger partial charge is 0.463 e. The van der Waals surface area contributed by atoms with Gasteiger partial charge in [0.15, 0.2) is 17.0 Å². The lowest BCUT2D eigenvalue weighted by molar-refractivity contribution is 0.0979. The minimum absolute atomic E-state index is 0.174. The van der Waals surface area contributed by atoms with Gasteiger partial charge in [0.1, 0.15) is 5.58 Å². The second-order valence-corrected chi connectivity index (χ2v) is 4.85. The Hall–Kier alpha value is -3.01. The number of hydrogen-bond acceptors (Lipinski definition) is 4. The molecular formula is C17H8O4. The van der Waals surface area contributed by atoms with Gasteiger partial charge in [-0.05, 0) is 12.1 Å². The first kappa shape index (κ1) is 11.8. The molecule has 1 aliphatic carbocycles. The normalized spacial score (nSPS) is 13.1. The van der Waals surface area contributed by atoms with Crippen LogP contribution in [-0.2, 0) is 0 Å². The van der Waals surface area contributed by atoms with Crippen molar-refractivity contribution >= 4 is 22.5 Å². The van der Waals surface area contributed by atoms with Gasteiger partial charge in [0.2, 0.25) is 0 Å². The van der Waals surface area contributed by atoms with Crippen LogP contribution in [0.5, 0.6) is 0 Å². The number of rotatable bonds is 0. The highest BCUT2D eigenvalue weighted by molar-refractivity contribution is 6.31. The van der Waals surface area contributed by atoms with Gasteiger partial charge in [0, 0.05) is 22.8 Å². The van der Waals surface area contributed by atoms with Gasteiger partial charge in [0.25, 0.3) is 0 Å². The first-order valence-electron chi connectivity index (χ1n) is 6.41. The molecule has 0 N–H and O–H groups in total. The second kappa shape index (κ2) is 3.99. The van der Waals surface area contributed by atoms with Crippen molar-refractivity contribution in [1.82, 2.24) is 0 Å². The zero-order valence-electron chi connectivity index (χ0n) is 10.8. The van der Waals surface area contributed by atoms with Gasteiger partial charge in [-0.2, -0.15) is 0 Å². The number of carbonyl (C=O) groups is 2. The van der Waals surface area contributed by atoms with Crippen LogP contribution in [0.25, 0.3) is 11.0 Å². The third-order valence-corrected chi connectivity index (χ3v) is 3.72. The Balaban J connectivity index is 2.17. The maximum Gasteiger partial charge on any atom is 0.198 e. The molecule has 1 aromatic heterocycles. The standard InChI is InChI=1S/C17H8O4/c18-13-7-8-21-17-11(13)5-6-12-14(17)16(20)10-4-2-1-3-9(10)15(12)19/h1-8H. The fraction of sp³-hybridized carbons (Fsp3) is 0. The molecular weight excluding hydrogens is 268 g/mol. The van der Waals surface area contributed by atoms with Crippen LogP contribution in [-0.4, -0.2) is 11.6 Å². The van der Waals surface area contributed by atoms with Crippen LogP contribution in [0.1, 0.15) is 31.8 Å². The average molecular weight is 276 g/mol. The van der Waals surface area contributed by atoms with Gasteiger partial charge in [-0.3, -0.25) is 14.4 Å². The zero-order valence-corrected chi connectivity index (χ0v) is 10.8. The van der Waals surface area contributed by atoms with E-state index in [2.05, 4.69) is 0 Å². The number of benzene rings is 2. The van der Waals surface area contributed by atoms with Crippen LogP contribution in [0.2, 0.25) is 0 Å². The van der Waals surface area contributed by atoms with Crippen LogP contribution >= 0.6 is 0 Å². The van der Waals surface area contributed by atoms with Gasteiger partial charge in [-0.15, -0.1) is 0 Å². The van der Waals surface area contributed by atoms with Crippen LogP contribution in [0.15, 0.2) is 57.9 Å². The molecule has 0 bridgehead atoms. The van der Waals surface area contributed by atoms with Crippen LogP contribution in [0, 0.1) is 0 Å². The fourth-order valence-corrected chi connectivity index (χ4v) is 2.73. The molecule has 0 saturated carbocycles. The first-order valence-corrected chi connectivity index (χ1v) is 6.41. The molecule has 4 nitrogen and oxygen atoms in total. The molecule has 3 aromatic rings. The van der Waals surface area contributed by atoms with Gasteiger partial charge in [-0.1, -0.05) is 24.3 Å². The quantitative estimate of drug-likeness (QED) is 0.495. The average Bonchev–Trinajstić information content (AvgIpc) is 2.52. The monoisotopic (exact) mass is 276 g/mol. The van der Waals surface area contributed by atoms with E-state index in [0.717, 1.165) is 0 Å². The minimum Gasteiger partial charge on any atom is -0.463 e. The van der Waals surface area contributed by atoms with Crippen molar-refractivity contribution in [3.8, 4) is 0 Å². The molecule has 4 heteroatoms. The second-order valence-electron chi connectivity index (χ2n) is 4.85. The molecule has 0 fully saturated rings. The molecule has 0 unspecified atom stereocenters. The van der Waals surface area contributed by atoms with Crippen molar-refractivity contribution in [3.05, 3.63) is 81.2 Å². The van der Waals surface area contributed by atoms with Gasteiger partial charge in [0.05, 0.1) is 17.2 Å². The number of carbonyl (C=O) groups excluding carboxylic acids is 2. The summed E-state index contributed by atoms with van der Waals surface area (Å²) in [7, 11) is 0. The molecule has 4 rings (SSSR count). The van der Waals surface area contributed by atoms with Crippen LogP contribution < -0.4 is 5.43 Å². The highest BCUT2D eigenvalue weighted by Crippen LogP contribution is 2.31. The number of fused-ring (bicyclic) bond motifs is 4. The lowest BCUT2D eigenvalue weighted by atomic mass is 9.83. The van der Waals surface area contributed by atoms with E-state index in [1.807, 2.05) is 0 Å². The van der Waals surface area contributed by atoms with E-state index >= 15 is 0 Å². The van der Waals surface area contributed by atoms with E-state index in [0.29, 0.717) is 16.5 Å². The molecule has 1 heterocycles. The van der Waals surface area contributed by atoms with Crippen molar-refractivity contribution < 1.29 is 14.0 Å². The van der Waals surface area contributed by atoms with Gasteiger partial charge >= 0.3 is 0 Å². The van der Waals surface area contributed by atoms with E-state index in [1.54, 1.807) is 24.3 Å². The Kier molecular flexibility index (Phi) is 2.24. The lowest BCUT2D eigenvalue weighted by Gasteiger charge is -2.17. The molecule has 0 atom stereocenters. The Morgan fingerprint density at radius 1 is 0.714 bits per heavy atom. The summed E-state index contributed by atoms with van der Waals surface area (Å²) < 4.78 is 5.35. The van der Waals surface area contributed by atoms with Crippen molar-refractivity contribution in [3.63, 3.8) is 0 Å². The SMILES string of the molecule is O=C1c2ccccc2C(=O)c2c1ccc1c(=O)ccoc21. The van der Waals surface area contributed by atoms with Crippen LogP contribution in [0.3, 0.4) is 0 Å². The zero-order chi connectivity index (χ0) is 14.6. The number of hydrogen-bond donors (Lipinski definition) is 0. The molecule has 1 aliphatic rings. The fourth-order valence-electron chi connectivity index (χ4n) is 2.73. The summed E-state index contributed by atoms with van der Waals surface area (Å²) in [6.07, 6.45) is 1.24. The predicted molar refractivity (Wildman–Crippen MR) is 75.8 cm³/mol. The van der Waals surface area contributed by atoms with E-state index < -0.39 is 0 Å². The molecule has 2 aromatic carbocycles. The Labute approximate surface area is 118 Å². The first-order chi connectivity index (χ1) is 10.2. The molecule has 0 aliphatic heterocycles. The van der Waals surface area contributed by atoms with E-state index in [1.165, 1.54) is 24.5 Å². The highest BCUT2D eigenvalue weighted by atomic mass is 16.3. The van der Waals surface area contributed by atoms with E-state index in [-0.39, 0.29) is 33.7 Å². The summed E-state index contributed by atoms with van der Waals surface area (Å²) in [5.74, 6) is -0.520. The van der Waals surface area contributed by atoms with Crippen molar-refractivity contribution in [2.45, 2.75) is 0 Å². The van der Waals surface area contributed by atoms with E-state index in [9.17, 15) is 14.4 Å². The van der Waals surface area contributed by atoms with Crippen LogP contribution in [0.4, 0.5) is 0 Å². The molecule has 21 heavy (non-hydrogen) atoms.